The number of hydrogen-bond acceptors (Lipinski definition) is 7. The summed E-state index contributed by atoms with van der Waals surface area (Å²) in [6, 6.07) is 10.8. The van der Waals surface area contributed by atoms with Crippen LogP contribution in [0.15, 0.2) is 53.4 Å². The lowest BCUT2D eigenvalue weighted by Crippen LogP contribution is -2.44. The average Bonchev–Trinajstić information content (AvgIpc) is 3.37. The van der Waals surface area contributed by atoms with E-state index in [1.165, 1.54) is 23.1 Å². The maximum atomic E-state index is 13.2. The SMILES string of the molecule is Cc1cc(OCC(=O)N2CCC(C(=O)NCCCCCN3C(=O)C=CC3=O)CC2)c2ccc3c(S(=O)(=O)O)cc(C)c4ccc1c2c43. The summed E-state index contributed by atoms with van der Waals surface area (Å²) < 4.78 is 40.5. The number of nitrogens with one attached hydrogen (secondary N) is 1. The lowest BCUT2D eigenvalue weighted by Gasteiger charge is -2.31. The van der Waals surface area contributed by atoms with E-state index in [9.17, 15) is 32.1 Å². The predicted octanol–water partition coefficient (Wildman–Crippen LogP) is 4.28. The molecule has 2 aliphatic rings. The van der Waals surface area contributed by atoms with Crippen LogP contribution in [-0.2, 0) is 29.3 Å². The van der Waals surface area contributed by atoms with Crippen molar-refractivity contribution in [2.45, 2.75) is 50.8 Å². The van der Waals surface area contributed by atoms with Crippen molar-refractivity contribution in [1.82, 2.24) is 15.1 Å². The first-order valence-electron chi connectivity index (χ1n) is 15.8. The van der Waals surface area contributed by atoms with Crippen LogP contribution in [0.25, 0.3) is 32.3 Å². The Kier molecular flexibility index (Phi) is 8.91. The number of amides is 4. The van der Waals surface area contributed by atoms with Crippen molar-refractivity contribution in [2.75, 3.05) is 32.8 Å². The van der Waals surface area contributed by atoms with Gasteiger partial charge in [0.05, 0.1) is 0 Å². The molecule has 47 heavy (non-hydrogen) atoms. The van der Waals surface area contributed by atoms with E-state index in [0.717, 1.165) is 50.9 Å². The molecular formula is C35H37N3O8S. The fourth-order valence-corrected chi connectivity index (χ4v) is 7.58. The third kappa shape index (κ3) is 6.39. The standard InChI is InChI=1S/C35H37N3O8S/c1-21-18-28(26-8-9-27-29(47(43,44)45)19-22(2)25-7-6-24(21)33(26)34(25)27)46-20-32(41)37-16-12-23(13-17-37)35(42)36-14-4-3-5-15-38-30(39)10-11-31(38)40/h6-11,18-19,23H,3-5,12-17,20H2,1-2H3,(H,36,42)(H,43,44,45). The summed E-state index contributed by atoms with van der Waals surface area (Å²) in [4.78, 5) is 51.9. The zero-order valence-electron chi connectivity index (χ0n) is 26.4. The first-order valence-corrected chi connectivity index (χ1v) is 17.3. The van der Waals surface area contributed by atoms with Crippen molar-refractivity contribution in [3.8, 4) is 5.75 Å². The third-order valence-corrected chi connectivity index (χ3v) is 10.2. The van der Waals surface area contributed by atoms with Crippen LogP contribution in [0.2, 0.25) is 0 Å². The molecule has 12 heteroatoms. The number of likely N-dealkylation sites (tertiary alicyclic amines) is 1. The molecule has 246 valence electrons. The Morgan fingerprint density at radius 2 is 1.47 bits per heavy atom. The normalized spacial score (nSPS) is 15.9. The van der Waals surface area contributed by atoms with Crippen molar-refractivity contribution in [3.63, 3.8) is 0 Å². The van der Waals surface area contributed by atoms with Gasteiger partial charge in [0.25, 0.3) is 27.8 Å². The Morgan fingerprint density at radius 3 is 2.13 bits per heavy atom. The van der Waals surface area contributed by atoms with E-state index in [1.54, 1.807) is 17.0 Å². The van der Waals surface area contributed by atoms with E-state index in [-0.39, 0.29) is 41.0 Å². The molecule has 0 unspecified atom stereocenters. The van der Waals surface area contributed by atoms with Crippen molar-refractivity contribution < 1.29 is 36.9 Å². The minimum atomic E-state index is -4.46. The molecule has 0 aromatic heterocycles. The molecule has 0 radical (unpaired) electrons. The summed E-state index contributed by atoms with van der Waals surface area (Å²) in [5.41, 5.74) is 1.63. The molecule has 6 rings (SSSR count). The minimum Gasteiger partial charge on any atom is -0.483 e. The zero-order chi connectivity index (χ0) is 33.5. The molecule has 4 aromatic rings. The summed E-state index contributed by atoms with van der Waals surface area (Å²) in [6.45, 7) is 5.35. The van der Waals surface area contributed by atoms with E-state index in [1.807, 2.05) is 32.0 Å². The molecular weight excluding hydrogens is 622 g/mol. The largest absolute Gasteiger partial charge is 0.483 e. The molecule has 2 N–H and O–H groups in total. The second-order valence-electron chi connectivity index (χ2n) is 12.4. The molecule has 4 amide bonds. The lowest BCUT2D eigenvalue weighted by molar-refractivity contribution is -0.137. The van der Waals surface area contributed by atoms with Gasteiger partial charge in [-0.3, -0.25) is 28.6 Å². The van der Waals surface area contributed by atoms with Crippen LogP contribution < -0.4 is 10.1 Å². The molecule has 4 aromatic carbocycles. The number of piperidine rings is 1. The van der Waals surface area contributed by atoms with Crippen LogP contribution in [0.5, 0.6) is 5.75 Å². The van der Waals surface area contributed by atoms with Gasteiger partial charge in [0.2, 0.25) is 5.91 Å². The molecule has 2 heterocycles. The number of ether oxygens (including phenoxy) is 1. The smallest absolute Gasteiger partial charge is 0.295 e. The quantitative estimate of drug-likeness (QED) is 0.105. The van der Waals surface area contributed by atoms with Crippen molar-refractivity contribution in [3.05, 3.63) is 59.7 Å². The monoisotopic (exact) mass is 659 g/mol. The number of benzene rings is 4. The molecule has 11 nitrogen and oxygen atoms in total. The van der Waals surface area contributed by atoms with Gasteiger partial charge in [0.15, 0.2) is 6.61 Å². The van der Waals surface area contributed by atoms with Gasteiger partial charge in [-0.2, -0.15) is 8.42 Å². The van der Waals surface area contributed by atoms with E-state index in [2.05, 4.69) is 5.32 Å². The number of unbranched alkanes of at least 4 members (excludes halogenated alkanes) is 2. The molecule has 1 fully saturated rings. The highest BCUT2D eigenvalue weighted by atomic mass is 32.2. The Balaban J connectivity index is 1.04. The Labute approximate surface area is 272 Å². The van der Waals surface area contributed by atoms with Gasteiger partial charge in [0.1, 0.15) is 10.6 Å². The van der Waals surface area contributed by atoms with Crippen LogP contribution >= 0.6 is 0 Å². The second kappa shape index (κ2) is 12.9. The molecule has 0 aliphatic carbocycles. The van der Waals surface area contributed by atoms with E-state index < -0.39 is 10.1 Å². The van der Waals surface area contributed by atoms with Crippen LogP contribution in [0.3, 0.4) is 0 Å². The van der Waals surface area contributed by atoms with Gasteiger partial charge in [-0.15, -0.1) is 0 Å². The number of aryl methyl sites for hydroxylation is 2. The summed E-state index contributed by atoms with van der Waals surface area (Å²) in [6.07, 6.45) is 5.86. The van der Waals surface area contributed by atoms with Crippen LogP contribution in [0.4, 0.5) is 0 Å². The summed E-state index contributed by atoms with van der Waals surface area (Å²) in [5, 5.41) is 7.48. The minimum absolute atomic E-state index is 0.0287. The lowest BCUT2D eigenvalue weighted by atomic mass is 9.90. The number of hydrogen-bond donors (Lipinski definition) is 2. The molecule has 1 saturated heterocycles. The number of imide groups is 1. The van der Waals surface area contributed by atoms with Gasteiger partial charge >= 0.3 is 0 Å². The van der Waals surface area contributed by atoms with Gasteiger partial charge in [0, 0.05) is 60.4 Å². The van der Waals surface area contributed by atoms with E-state index in [4.69, 9.17) is 4.74 Å². The number of nitrogens with zero attached hydrogens (tertiary/aromatic N) is 2. The first-order chi connectivity index (χ1) is 22.4. The average molecular weight is 660 g/mol. The highest BCUT2D eigenvalue weighted by Gasteiger charge is 2.28. The van der Waals surface area contributed by atoms with Crippen LogP contribution in [0, 0.1) is 19.8 Å². The predicted molar refractivity (Wildman–Crippen MR) is 177 cm³/mol. The molecule has 0 spiro atoms. The second-order valence-corrected chi connectivity index (χ2v) is 13.8. The van der Waals surface area contributed by atoms with Gasteiger partial charge in [-0.25, -0.2) is 0 Å². The Hall–Kier alpha value is -4.55. The molecule has 0 saturated carbocycles. The van der Waals surface area contributed by atoms with E-state index >= 15 is 0 Å². The topological polar surface area (TPSA) is 150 Å². The fourth-order valence-electron chi connectivity index (χ4n) is 6.80. The zero-order valence-corrected chi connectivity index (χ0v) is 27.2. The number of carbonyl (C=O) groups excluding carboxylic acids is 4. The highest BCUT2D eigenvalue weighted by molar-refractivity contribution is 7.86. The van der Waals surface area contributed by atoms with Crippen molar-refractivity contribution in [1.29, 1.82) is 0 Å². The summed E-state index contributed by atoms with van der Waals surface area (Å²) in [5.74, 6) is -0.437. The van der Waals surface area contributed by atoms with Gasteiger partial charge < -0.3 is 15.0 Å². The van der Waals surface area contributed by atoms with Crippen LogP contribution in [0.1, 0.15) is 43.2 Å². The van der Waals surface area contributed by atoms with Gasteiger partial charge in [-0.1, -0.05) is 18.2 Å². The maximum absolute atomic E-state index is 13.2. The molecule has 0 atom stereocenters. The summed E-state index contributed by atoms with van der Waals surface area (Å²) in [7, 11) is -4.46. The van der Waals surface area contributed by atoms with E-state index in [0.29, 0.717) is 56.6 Å². The number of rotatable bonds is 11. The Morgan fingerprint density at radius 1 is 0.872 bits per heavy atom. The van der Waals surface area contributed by atoms with Crippen molar-refractivity contribution >= 4 is 66.1 Å². The van der Waals surface area contributed by atoms with Gasteiger partial charge in [-0.05, 0) is 91.4 Å². The first kappa shape index (κ1) is 32.4. The Bertz CT molecular complexity index is 2030. The molecule has 0 bridgehead atoms. The third-order valence-electron chi connectivity index (χ3n) is 9.34. The maximum Gasteiger partial charge on any atom is 0.295 e. The van der Waals surface area contributed by atoms with Crippen LogP contribution in [-0.4, -0.2) is 79.2 Å². The fraction of sp³-hybridized carbons (Fsp3) is 0.371. The highest BCUT2D eigenvalue weighted by Crippen LogP contribution is 2.43. The molecule has 2 aliphatic heterocycles. The number of carbonyl (C=O) groups is 4. The summed E-state index contributed by atoms with van der Waals surface area (Å²) >= 11 is 0. The van der Waals surface area contributed by atoms with Crippen molar-refractivity contribution in [2.24, 2.45) is 5.92 Å².